The molecule has 98 valence electrons. The van der Waals surface area contributed by atoms with Crippen LogP contribution in [0.2, 0.25) is 0 Å². The van der Waals surface area contributed by atoms with E-state index in [0.29, 0.717) is 11.5 Å². The van der Waals surface area contributed by atoms with Gasteiger partial charge in [-0.2, -0.15) is 0 Å². The van der Waals surface area contributed by atoms with Crippen molar-refractivity contribution in [2.24, 2.45) is 11.3 Å². The number of hydrogen-bond acceptors (Lipinski definition) is 1. The van der Waals surface area contributed by atoms with Crippen molar-refractivity contribution in [3.63, 3.8) is 0 Å². The Labute approximate surface area is 103 Å². The van der Waals surface area contributed by atoms with Crippen molar-refractivity contribution < 1.29 is 0 Å². The second-order valence-electron chi connectivity index (χ2n) is 6.55. The first-order chi connectivity index (χ1) is 7.39. The molecule has 0 radical (unpaired) electrons. The van der Waals surface area contributed by atoms with Gasteiger partial charge < -0.3 is 5.32 Å². The van der Waals surface area contributed by atoms with Gasteiger partial charge in [-0.1, -0.05) is 54.4 Å². The predicted octanol–water partition coefficient (Wildman–Crippen LogP) is 4.62. The van der Waals surface area contributed by atoms with Gasteiger partial charge >= 0.3 is 0 Å². The zero-order valence-electron chi connectivity index (χ0n) is 12.4. The molecular weight excluding hydrogens is 194 g/mol. The van der Waals surface area contributed by atoms with Gasteiger partial charge in [0.15, 0.2) is 0 Å². The summed E-state index contributed by atoms with van der Waals surface area (Å²) in [5.74, 6) is 0.863. The zero-order chi connectivity index (χ0) is 12.6. The Kier molecular flexibility index (Phi) is 8.09. The van der Waals surface area contributed by atoms with Gasteiger partial charge in [0.1, 0.15) is 0 Å². The Balaban J connectivity index is 4.09. The second kappa shape index (κ2) is 8.11. The molecule has 0 aromatic rings. The summed E-state index contributed by atoms with van der Waals surface area (Å²) < 4.78 is 0. The van der Waals surface area contributed by atoms with E-state index in [4.69, 9.17) is 0 Å². The molecule has 0 aliphatic heterocycles. The maximum atomic E-state index is 3.72. The average molecular weight is 227 g/mol. The lowest BCUT2D eigenvalue weighted by Crippen LogP contribution is -2.34. The maximum absolute atomic E-state index is 3.72. The van der Waals surface area contributed by atoms with Crippen LogP contribution >= 0.6 is 0 Å². The highest BCUT2D eigenvalue weighted by Gasteiger charge is 2.19. The molecule has 1 N–H and O–H groups in total. The van der Waals surface area contributed by atoms with Crippen molar-refractivity contribution in [1.82, 2.24) is 5.32 Å². The highest BCUT2D eigenvalue weighted by Crippen LogP contribution is 2.25. The fraction of sp³-hybridized carbons (Fsp3) is 1.00. The minimum atomic E-state index is 0.442. The van der Waals surface area contributed by atoms with Crippen molar-refractivity contribution in [3.8, 4) is 0 Å². The molecule has 0 saturated heterocycles. The quantitative estimate of drug-likeness (QED) is 0.638. The van der Waals surface area contributed by atoms with Gasteiger partial charge in [0.05, 0.1) is 0 Å². The number of rotatable bonds is 8. The molecule has 0 aromatic heterocycles. The molecule has 0 amide bonds. The van der Waals surface area contributed by atoms with Gasteiger partial charge in [0.25, 0.3) is 0 Å². The number of hydrogen-bond donors (Lipinski definition) is 1. The molecule has 0 bridgehead atoms. The van der Waals surface area contributed by atoms with Gasteiger partial charge in [-0.15, -0.1) is 0 Å². The van der Waals surface area contributed by atoms with Crippen molar-refractivity contribution in [3.05, 3.63) is 0 Å². The maximum Gasteiger partial charge on any atom is 0.00745 e. The van der Waals surface area contributed by atoms with Crippen LogP contribution in [0.1, 0.15) is 73.6 Å². The van der Waals surface area contributed by atoms with E-state index in [1.165, 1.54) is 38.6 Å². The largest absolute Gasteiger partial charge is 0.314 e. The van der Waals surface area contributed by atoms with Gasteiger partial charge in [-0.3, -0.25) is 0 Å². The molecular formula is C15H33N. The van der Waals surface area contributed by atoms with Crippen LogP contribution in [0.4, 0.5) is 0 Å². The molecule has 0 heterocycles. The summed E-state index contributed by atoms with van der Waals surface area (Å²) in [6.45, 7) is 15.1. The molecule has 0 fully saturated rings. The van der Waals surface area contributed by atoms with Crippen molar-refractivity contribution in [2.45, 2.75) is 79.7 Å². The van der Waals surface area contributed by atoms with Crippen molar-refractivity contribution in [2.75, 3.05) is 6.54 Å². The fourth-order valence-electron chi connectivity index (χ4n) is 2.42. The molecule has 2 unspecified atom stereocenters. The summed E-state index contributed by atoms with van der Waals surface area (Å²) in [5.41, 5.74) is 0.442. The topological polar surface area (TPSA) is 12.0 Å². The predicted molar refractivity (Wildman–Crippen MR) is 74.8 cm³/mol. The lowest BCUT2D eigenvalue weighted by molar-refractivity contribution is 0.272. The molecule has 0 aliphatic carbocycles. The standard InChI is InChI=1S/C15H33N/c1-7-9-13(3)11-14(16-10-8-2)12-15(4,5)6/h13-14,16H,7-12H2,1-6H3. The summed E-state index contributed by atoms with van der Waals surface area (Å²) in [4.78, 5) is 0. The molecule has 0 aromatic carbocycles. The molecule has 2 atom stereocenters. The summed E-state index contributed by atoms with van der Waals surface area (Å²) in [6.07, 6.45) is 6.56. The molecule has 1 nitrogen and oxygen atoms in total. The molecule has 16 heavy (non-hydrogen) atoms. The second-order valence-corrected chi connectivity index (χ2v) is 6.55. The number of nitrogens with one attached hydrogen (secondary N) is 1. The third-order valence-electron chi connectivity index (χ3n) is 3.01. The summed E-state index contributed by atoms with van der Waals surface area (Å²) in [5, 5.41) is 3.72. The first-order valence-electron chi connectivity index (χ1n) is 7.12. The lowest BCUT2D eigenvalue weighted by Gasteiger charge is -2.29. The van der Waals surface area contributed by atoms with E-state index in [2.05, 4.69) is 46.9 Å². The van der Waals surface area contributed by atoms with E-state index in [1.807, 2.05) is 0 Å². The van der Waals surface area contributed by atoms with E-state index >= 15 is 0 Å². The Morgan fingerprint density at radius 3 is 2.12 bits per heavy atom. The SMILES string of the molecule is CCCNC(CC(C)CCC)CC(C)(C)C. The van der Waals surface area contributed by atoms with Crippen LogP contribution in [0.3, 0.4) is 0 Å². The average Bonchev–Trinajstić information content (AvgIpc) is 2.12. The van der Waals surface area contributed by atoms with E-state index < -0.39 is 0 Å². The van der Waals surface area contributed by atoms with Gasteiger partial charge in [-0.05, 0) is 37.1 Å². The summed E-state index contributed by atoms with van der Waals surface area (Å²) >= 11 is 0. The first-order valence-corrected chi connectivity index (χ1v) is 7.12. The van der Waals surface area contributed by atoms with Crippen LogP contribution in [0, 0.1) is 11.3 Å². The first kappa shape index (κ1) is 16.0. The summed E-state index contributed by atoms with van der Waals surface area (Å²) in [6, 6.07) is 0.710. The third-order valence-corrected chi connectivity index (χ3v) is 3.01. The van der Waals surface area contributed by atoms with Gasteiger partial charge in [-0.25, -0.2) is 0 Å². The van der Waals surface area contributed by atoms with Crippen LogP contribution in [0.15, 0.2) is 0 Å². The molecule has 0 saturated carbocycles. The van der Waals surface area contributed by atoms with Crippen LogP contribution < -0.4 is 5.32 Å². The van der Waals surface area contributed by atoms with E-state index in [9.17, 15) is 0 Å². The zero-order valence-corrected chi connectivity index (χ0v) is 12.4. The van der Waals surface area contributed by atoms with Crippen LogP contribution in [-0.2, 0) is 0 Å². The smallest absolute Gasteiger partial charge is 0.00745 e. The fourth-order valence-corrected chi connectivity index (χ4v) is 2.42. The lowest BCUT2D eigenvalue weighted by atomic mass is 9.84. The third kappa shape index (κ3) is 9.21. The highest BCUT2D eigenvalue weighted by molar-refractivity contribution is 4.76. The Bertz CT molecular complexity index is 157. The molecule has 0 aliphatic rings. The van der Waals surface area contributed by atoms with E-state index in [-0.39, 0.29) is 0 Å². The van der Waals surface area contributed by atoms with Crippen LogP contribution in [0.25, 0.3) is 0 Å². The minimum absolute atomic E-state index is 0.442. The van der Waals surface area contributed by atoms with Crippen LogP contribution in [0.5, 0.6) is 0 Å². The highest BCUT2D eigenvalue weighted by atomic mass is 14.9. The Hall–Kier alpha value is -0.0400. The van der Waals surface area contributed by atoms with E-state index in [0.717, 1.165) is 5.92 Å². The van der Waals surface area contributed by atoms with Crippen LogP contribution in [-0.4, -0.2) is 12.6 Å². The molecule has 0 rings (SSSR count). The Morgan fingerprint density at radius 1 is 1.06 bits per heavy atom. The summed E-state index contributed by atoms with van der Waals surface area (Å²) in [7, 11) is 0. The molecule has 1 heteroatoms. The normalized spacial score (nSPS) is 16.1. The minimum Gasteiger partial charge on any atom is -0.314 e. The van der Waals surface area contributed by atoms with E-state index in [1.54, 1.807) is 0 Å². The van der Waals surface area contributed by atoms with Crippen molar-refractivity contribution >= 4 is 0 Å². The molecule has 0 spiro atoms. The van der Waals surface area contributed by atoms with Gasteiger partial charge in [0, 0.05) is 6.04 Å². The Morgan fingerprint density at radius 2 is 1.69 bits per heavy atom. The van der Waals surface area contributed by atoms with Gasteiger partial charge in [0.2, 0.25) is 0 Å². The van der Waals surface area contributed by atoms with Crippen molar-refractivity contribution in [1.29, 1.82) is 0 Å². The monoisotopic (exact) mass is 227 g/mol.